The average Bonchev–Trinajstić information content (AvgIpc) is 3.26. The number of hydrogen-bond donors (Lipinski definition) is 1. The highest BCUT2D eigenvalue weighted by Gasteiger charge is 2.38. The molecule has 0 spiro atoms. The van der Waals surface area contributed by atoms with Crippen LogP contribution in [-0.4, -0.2) is 29.6 Å². The smallest absolute Gasteiger partial charge is 0.161 e. The van der Waals surface area contributed by atoms with Gasteiger partial charge in [0.15, 0.2) is 11.5 Å². The van der Waals surface area contributed by atoms with Gasteiger partial charge in [0.1, 0.15) is 16.9 Å². The summed E-state index contributed by atoms with van der Waals surface area (Å²) in [5.41, 5.74) is 3.42. The molecular formula is C23H23N5O. The zero-order chi connectivity index (χ0) is 20.2. The molecule has 1 aliphatic rings. The highest BCUT2D eigenvalue weighted by Crippen LogP contribution is 2.40. The Morgan fingerprint density at radius 1 is 1.00 bits per heavy atom. The topological polar surface area (TPSA) is 76.7 Å². The predicted molar refractivity (Wildman–Crippen MR) is 111 cm³/mol. The van der Waals surface area contributed by atoms with Crippen molar-refractivity contribution < 1.29 is 5.11 Å². The van der Waals surface area contributed by atoms with E-state index < -0.39 is 5.60 Å². The maximum absolute atomic E-state index is 10.1. The molecule has 0 saturated carbocycles. The van der Waals surface area contributed by atoms with Crippen molar-refractivity contribution in [1.82, 2.24) is 24.5 Å². The van der Waals surface area contributed by atoms with Crippen LogP contribution in [0.1, 0.15) is 44.4 Å². The van der Waals surface area contributed by atoms with Crippen LogP contribution in [0.15, 0.2) is 54.9 Å². The summed E-state index contributed by atoms with van der Waals surface area (Å²) < 4.78 is 2.28. The Hall–Kier alpha value is -3.12. The number of aryl methyl sites for hydroxylation is 1. The molecule has 0 unspecified atom stereocenters. The van der Waals surface area contributed by atoms with E-state index in [1.807, 2.05) is 18.2 Å². The molecule has 3 aromatic heterocycles. The van der Waals surface area contributed by atoms with Crippen molar-refractivity contribution in [3.05, 3.63) is 72.1 Å². The van der Waals surface area contributed by atoms with Gasteiger partial charge in [0.25, 0.3) is 0 Å². The van der Waals surface area contributed by atoms with Crippen LogP contribution in [0.25, 0.3) is 22.4 Å². The van der Waals surface area contributed by atoms with Gasteiger partial charge in [-0.05, 0) is 44.9 Å². The number of aliphatic hydroxyl groups is 1. The monoisotopic (exact) mass is 385 g/mol. The van der Waals surface area contributed by atoms with Gasteiger partial charge in [0, 0.05) is 24.4 Å². The maximum atomic E-state index is 10.1. The molecule has 6 nitrogen and oxygen atoms in total. The van der Waals surface area contributed by atoms with Crippen LogP contribution in [0.4, 0.5) is 0 Å². The lowest BCUT2D eigenvalue weighted by Gasteiger charge is -2.28. The van der Waals surface area contributed by atoms with E-state index in [1.165, 1.54) is 5.56 Å². The summed E-state index contributed by atoms with van der Waals surface area (Å²) in [5.74, 6) is 1.47. The van der Waals surface area contributed by atoms with Crippen LogP contribution >= 0.6 is 0 Å². The molecule has 0 amide bonds. The average molecular weight is 385 g/mol. The lowest BCUT2D eigenvalue weighted by atomic mass is 9.90. The van der Waals surface area contributed by atoms with Crippen molar-refractivity contribution in [3.63, 3.8) is 0 Å². The summed E-state index contributed by atoms with van der Waals surface area (Å²) in [4.78, 5) is 18.4. The summed E-state index contributed by atoms with van der Waals surface area (Å²) in [5, 5.41) is 10.1. The Morgan fingerprint density at radius 3 is 2.41 bits per heavy atom. The molecule has 1 aliphatic heterocycles. The lowest BCUT2D eigenvalue weighted by molar-refractivity contribution is 0.0687. The van der Waals surface area contributed by atoms with Crippen molar-refractivity contribution in [2.75, 3.05) is 0 Å². The van der Waals surface area contributed by atoms with Gasteiger partial charge < -0.3 is 9.67 Å². The summed E-state index contributed by atoms with van der Waals surface area (Å²) >= 11 is 0. The molecule has 29 heavy (non-hydrogen) atoms. The second-order valence-corrected chi connectivity index (χ2v) is 8.40. The minimum atomic E-state index is -1.07. The third kappa shape index (κ3) is 2.83. The highest BCUT2D eigenvalue weighted by molar-refractivity contribution is 5.77. The Labute approximate surface area is 169 Å². The zero-order valence-corrected chi connectivity index (χ0v) is 16.8. The van der Waals surface area contributed by atoms with Gasteiger partial charge in [0.05, 0.1) is 11.2 Å². The number of rotatable bonds is 3. The van der Waals surface area contributed by atoms with E-state index >= 15 is 0 Å². The number of aromatic nitrogens is 5. The van der Waals surface area contributed by atoms with Crippen molar-refractivity contribution in [3.8, 4) is 11.3 Å². The van der Waals surface area contributed by atoms with Crippen LogP contribution in [-0.2, 0) is 17.6 Å². The van der Waals surface area contributed by atoms with Gasteiger partial charge in [-0.3, -0.25) is 0 Å². The van der Waals surface area contributed by atoms with Gasteiger partial charge in [-0.25, -0.2) is 19.9 Å². The van der Waals surface area contributed by atoms with Gasteiger partial charge >= 0.3 is 0 Å². The van der Waals surface area contributed by atoms with Crippen LogP contribution in [0, 0.1) is 0 Å². The highest BCUT2D eigenvalue weighted by atomic mass is 16.3. The molecule has 4 heterocycles. The molecule has 0 fully saturated rings. The van der Waals surface area contributed by atoms with E-state index in [0.717, 1.165) is 41.1 Å². The first-order valence-electron chi connectivity index (χ1n) is 9.86. The number of hydrogen-bond acceptors (Lipinski definition) is 5. The standard InChI is InChI=1S/C23H23N5O/c1-22(2,29)21-24-13-15(14-25-21)17-9-10-18-20(27-17)28-19(26-18)11-12-23(28,3)16-7-5-4-6-8-16/h4-10,13-14,29H,11-12H2,1-3H3/t23-/m0/s1. The van der Waals surface area contributed by atoms with Crippen LogP contribution in [0.3, 0.4) is 0 Å². The number of nitrogens with zero attached hydrogens (tertiary/aromatic N) is 5. The Morgan fingerprint density at radius 2 is 1.72 bits per heavy atom. The quantitative estimate of drug-likeness (QED) is 0.580. The number of imidazole rings is 1. The summed E-state index contributed by atoms with van der Waals surface area (Å²) in [6.07, 6.45) is 5.36. The first-order valence-corrected chi connectivity index (χ1v) is 9.86. The van der Waals surface area contributed by atoms with Gasteiger partial charge in [-0.1, -0.05) is 30.3 Å². The minimum Gasteiger partial charge on any atom is -0.382 e. The van der Waals surface area contributed by atoms with E-state index in [1.54, 1.807) is 26.2 Å². The van der Waals surface area contributed by atoms with Crippen molar-refractivity contribution >= 4 is 11.2 Å². The van der Waals surface area contributed by atoms with E-state index in [4.69, 9.17) is 9.97 Å². The number of pyridine rings is 1. The molecule has 0 aliphatic carbocycles. The normalized spacial score (nSPS) is 18.9. The molecular weight excluding hydrogens is 362 g/mol. The molecule has 146 valence electrons. The van der Waals surface area contributed by atoms with E-state index in [9.17, 15) is 5.11 Å². The fourth-order valence-electron chi connectivity index (χ4n) is 4.17. The second kappa shape index (κ2) is 6.19. The molecule has 6 heteroatoms. The van der Waals surface area contributed by atoms with Crippen molar-refractivity contribution in [1.29, 1.82) is 0 Å². The molecule has 0 saturated heterocycles. The lowest BCUT2D eigenvalue weighted by Crippen LogP contribution is -2.27. The van der Waals surface area contributed by atoms with Gasteiger partial charge in [-0.15, -0.1) is 0 Å². The number of benzene rings is 1. The number of fused-ring (bicyclic) bond motifs is 3. The minimum absolute atomic E-state index is 0.168. The molecule has 1 aromatic carbocycles. The van der Waals surface area contributed by atoms with Crippen molar-refractivity contribution in [2.45, 2.75) is 44.8 Å². The van der Waals surface area contributed by atoms with E-state index in [-0.39, 0.29) is 5.54 Å². The molecule has 0 radical (unpaired) electrons. The molecule has 1 N–H and O–H groups in total. The second-order valence-electron chi connectivity index (χ2n) is 8.40. The zero-order valence-electron chi connectivity index (χ0n) is 16.8. The Bertz CT molecular complexity index is 1190. The first-order chi connectivity index (χ1) is 13.9. The van der Waals surface area contributed by atoms with Gasteiger partial charge in [-0.2, -0.15) is 0 Å². The summed E-state index contributed by atoms with van der Waals surface area (Å²) in [6, 6.07) is 14.5. The van der Waals surface area contributed by atoms with E-state index in [0.29, 0.717) is 5.82 Å². The fourth-order valence-corrected chi connectivity index (χ4v) is 4.17. The maximum Gasteiger partial charge on any atom is 0.161 e. The third-order valence-corrected chi connectivity index (χ3v) is 5.79. The third-order valence-electron chi connectivity index (χ3n) is 5.79. The molecule has 0 bridgehead atoms. The molecule has 1 atom stereocenters. The van der Waals surface area contributed by atoms with Gasteiger partial charge in [0.2, 0.25) is 0 Å². The predicted octanol–water partition coefficient (Wildman–Crippen LogP) is 3.83. The molecule has 4 aromatic rings. The largest absolute Gasteiger partial charge is 0.382 e. The SMILES string of the molecule is CC(C)(O)c1ncc(-c2ccc3nc4n(c3n2)[C@](C)(c2ccccc2)CC4)cn1. The van der Waals surface area contributed by atoms with E-state index in [2.05, 4.69) is 45.7 Å². The Kier molecular flexibility index (Phi) is 3.83. The fraction of sp³-hybridized carbons (Fsp3) is 0.304. The van der Waals surface area contributed by atoms with Crippen molar-refractivity contribution in [2.24, 2.45) is 0 Å². The Balaban J connectivity index is 1.63. The summed E-state index contributed by atoms with van der Waals surface area (Å²) in [6.45, 7) is 5.61. The van der Waals surface area contributed by atoms with Crippen LogP contribution in [0.2, 0.25) is 0 Å². The van der Waals surface area contributed by atoms with Crippen LogP contribution in [0.5, 0.6) is 0 Å². The summed E-state index contributed by atoms with van der Waals surface area (Å²) in [7, 11) is 0. The molecule has 5 rings (SSSR count). The van der Waals surface area contributed by atoms with Crippen LogP contribution < -0.4 is 0 Å². The first kappa shape index (κ1) is 17.9.